The van der Waals surface area contributed by atoms with Gasteiger partial charge in [0.05, 0.1) is 28.0 Å². The van der Waals surface area contributed by atoms with E-state index in [4.69, 9.17) is 5.73 Å². The Hall–Kier alpha value is -1.78. The third kappa shape index (κ3) is 3.65. The molecule has 4 N–H and O–H groups in total. The van der Waals surface area contributed by atoms with E-state index in [0.29, 0.717) is 0 Å². The minimum Gasteiger partial charge on any atom is -0.790 e. The number of nitrogen functional groups attached to an aromatic ring is 1. The summed E-state index contributed by atoms with van der Waals surface area (Å²) in [6, 6.07) is 0. The SMILES string of the molecule is Cn1c[n+](CC(O)COP(=O)([O-])[O-])c2nc(N)[nH]c(=O)c21. The van der Waals surface area contributed by atoms with Gasteiger partial charge in [-0.15, -0.1) is 0 Å². The van der Waals surface area contributed by atoms with Crippen molar-refractivity contribution in [2.75, 3.05) is 12.3 Å². The number of rotatable bonds is 5. The fourth-order valence-electron chi connectivity index (χ4n) is 1.90. The molecule has 0 fully saturated rings. The maximum absolute atomic E-state index is 11.8. The van der Waals surface area contributed by atoms with E-state index in [9.17, 15) is 24.3 Å². The van der Waals surface area contributed by atoms with Crippen molar-refractivity contribution in [2.45, 2.75) is 12.6 Å². The number of fused-ring (bicyclic) bond motifs is 1. The second kappa shape index (κ2) is 5.54. The molecule has 2 heterocycles. The van der Waals surface area contributed by atoms with Gasteiger partial charge in [0.15, 0.2) is 6.33 Å². The van der Waals surface area contributed by atoms with Crippen LogP contribution in [-0.4, -0.2) is 32.4 Å². The first-order valence-electron chi connectivity index (χ1n) is 5.76. The molecule has 0 radical (unpaired) electrons. The number of nitrogens with two attached hydrogens (primary N) is 1. The van der Waals surface area contributed by atoms with Crippen molar-refractivity contribution in [1.29, 1.82) is 0 Å². The molecular formula is C9H13N5O6P-. The van der Waals surface area contributed by atoms with Gasteiger partial charge in [-0.05, 0) is 0 Å². The molecule has 2 aromatic rings. The Balaban J connectivity index is 2.27. The lowest BCUT2D eigenvalue weighted by Crippen LogP contribution is -2.41. The topological polar surface area (TPSA) is 173 Å². The molecule has 116 valence electrons. The van der Waals surface area contributed by atoms with Crippen LogP contribution >= 0.6 is 7.82 Å². The van der Waals surface area contributed by atoms with E-state index >= 15 is 0 Å². The van der Waals surface area contributed by atoms with Crippen LogP contribution in [0.3, 0.4) is 0 Å². The summed E-state index contributed by atoms with van der Waals surface area (Å²) in [7, 11) is -3.55. The summed E-state index contributed by atoms with van der Waals surface area (Å²) in [5, 5.41) is 9.67. The first-order valence-corrected chi connectivity index (χ1v) is 7.22. The van der Waals surface area contributed by atoms with Crippen molar-refractivity contribution in [3.05, 3.63) is 16.7 Å². The highest BCUT2D eigenvalue weighted by Gasteiger charge is 2.21. The lowest BCUT2D eigenvalue weighted by atomic mass is 10.4. The van der Waals surface area contributed by atoms with Crippen LogP contribution in [0, 0.1) is 0 Å². The zero-order valence-electron chi connectivity index (χ0n) is 10.9. The molecular weight excluding hydrogens is 305 g/mol. The fraction of sp³-hybridized carbons (Fsp3) is 0.444. The summed E-state index contributed by atoms with van der Waals surface area (Å²) in [5.74, 6) is -0.0955. The van der Waals surface area contributed by atoms with Crippen molar-refractivity contribution >= 4 is 24.9 Å². The van der Waals surface area contributed by atoms with Crippen LogP contribution in [0.15, 0.2) is 11.1 Å². The van der Waals surface area contributed by atoms with Gasteiger partial charge in [-0.3, -0.25) is 14.3 Å². The van der Waals surface area contributed by atoms with E-state index in [0.717, 1.165) is 0 Å². The molecule has 0 aliphatic rings. The maximum atomic E-state index is 11.8. The van der Waals surface area contributed by atoms with Crippen molar-refractivity contribution in [2.24, 2.45) is 7.05 Å². The van der Waals surface area contributed by atoms with Crippen LogP contribution in [-0.2, 0) is 22.7 Å². The minimum absolute atomic E-state index is 0.0955. The molecule has 0 aromatic carbocycles. The summed E-state index contributed by atoms with van der Waals surface area (Å²) in [6.07, 6.45) is 0.197. The van der Waals surface area contributed by atoms with Crippen LogP contribution in [0.2, 0.25) is 0 Å². The third-order valence-electron chi connectivity index (χ3n) is 2.66. The molecule has 0 saturated carbocycles. The van der Waals surface area contributed by atoms with Gasteiger partial charge in [-0.1, -0.05) is 4.98 Å². The van der Waals surface area contributed by atoms with E-state index in [-0.39, 0.29) is 23.7 Å². The van der Waals surface area contributed by atoms with Crippen LogP contribution in [0.1, 0.15) is 0 Å². The third-order valence-corrected chi connectivity index (χ3v) is 3.13. The first-order chi connectivity index (χ1) is 9.67. The molecule has 1 atom stereocenters. The molecule has 21 heavy (non-hydrogen) atoms. The average molecular weight is 318 g/mol. The first kappa shape index (κ1) is 15.6. The molecule has 2 aromatic heterocycles. The normalized spacial score (nSPS) is 13.7. The monoisotopic (exact) mass is 318 g/mol. The molecule has 0 saturated heterocycles. The van der Waals surface area contributed by atoms with Crippen molar-refractivity contribution in [3.8, 4) is 0 Å². The lowest BCUT2D eigenvalue weighted by molar-refractivity contribution is -0.681. The van der Waals surface area contributed by atoms with Gasteiger partial charge in [0.2, 0.25) is 5.52 Å². The van der Waals surface area contributed by atoms with Crippen LogP contribution < -0.4 is 25.6 Å². The molecule has 0 aliphatic carbocycles. The summed E-state index contributed by atoms with van der Waals surface area (Å²) in [6.45, 7) is -0.820. The number of aromatic amines is 1. The Bertz CT molecular complexity index is 764. The van der Waals surface area contributed by atoms with Crippen LogP contribution in [0.5, 0.6) is 0 Å². The number of H-pyrrole nitrogens is 1. The van der Waals surface area contributed by atoms with Crippen molar-refractivity contribution in [1.82, 2.24) is 14.5 Å². The van der Waals surface area contributed by atoms with Gasteiger partial charge in [-0.2, -0.15) is 0 Å². The van der Waals surface area contributed by atoms with E-state index in [2.05, 4.69) is 14.5 Å². The predicted octanol–water partition coefficient (Wildman–Crippen LogP) is -3.66. The quantitative estimate of drug-likeness (QED) is 0.373. The molecule has 12 heteroatoms. The zero-order chi connectivity index (χ0) is 15.8. The Morgan fingerprint density at radius 3 is 2.95 bits per heavy atom. The summed E-state index contributed by atoms with van der Waals surface area (Å²) < 4.78 is 17.2. The predicted molar refractivity (Wildman–Crippen MR) is 65.5 cm³/mol. The second-order valence-electron chi connectivity index (χ2n) is 4.40. The van der Waals surface area contributed by atoms with E-state index < -0.39 is 26.1 Å². The van der Waals surface area contributed by atoms with Gasteiger partial charge in [0.1, 0.15) is 6.10 Å². The Morgan fingerprint density at radius 1 is 1.67 bits per heavy atom. The molecule has 0 aliphatic heterocycles. The highest BCUT2D eigenvalue weighted by molar-refractivity contribution is 7.43. The molecule has 0 amide bonds. The van der Waals surface area contributed by atoms with E-state index in [1.54, 1.807) is 7.05 Å². The average Bonchev–Trinajstić information content (AvgIpc) is 2.62. The highest BCUT2D eigenvalue weighted by Crippen LogP contribution is 2.24. The van der Waals surface area contributed by atoms with E-state index in [1.165, 1.54) is 15.5 Å². The number of hydrogen-bond donors (Lipinski definition) is 3. The maximum Gasteiger partial charge on any atom is 0.311 e. The zero-order valence-corrected chi connectivity index (χ0v) is 11.8. The van der Waals surface area contributed by atoms with Crippen molar-refractivity contribution in [3.63, 3.8) is 0 Å². The standard InChI is InChI=1S/C9H14N5O6P/c1-13-4-14(2-5(15)3-20-21(17,18)19)7-6(13)8(16)12-9(10)11-7/h4-5,15H,2-3H2,1H3,(H4-,10,11,12,16,17,18,19)/p-1. The molecule has 1 unspecified atom stereocenters. The largest absolute Gasteiger partial charge is 0.790 e. The molecule has 0 spiro atoms. The highest BCUT2D eigenvalue weighted by atomic mass is 31.2. The number of nitrogens with one attached hydrogen (secondary N) is 1. The summed E-state index contributed by atoms with van der Waals surface area (Å²) in [5.41, 5.74) is 5.45. The number of anilines is 1. The number of phosphoric acid groups is 1. The minimum atomic E-state index is -5.15. The lowest BCUT2D eigenvalue weighted by Gasteiger charge is -2.29. The second-order valence-corrected chi connectivity index (χ2v) is 5.55. The van der Waals surface area contributed by atoms with Crippen LogP contribution in [0.25, 0.3) is 11.2 Å². The summed E-state index contributed by atoms with van der Waals surface area (Å²) in [4.78, 5) is 38.7. The Morgan fingerprint density at radius 2 is 2.33 bits per heavy atom. The number of phosphoric ester groups is 1. The number of nitrogens with zero attached hydrogens (tertiary/aromatic N) is 3. The number of imidazole rings is 1. The number of aryl methyl sites for hydroxylation is 1. The van der Waals surface area contributed by atoms with Gasteiger partial charge in [0.25, 0.3) is 11.5 Å². The van der Waals surface area contributed by atoms with Crippen molar-refractivity contribution < 1.29 is 28.5 Å². The number of aliphatic hydroxyl groups is 1. The molecule has 11 nitrogen and oxygen atoms in total. The number of aromatic nitrogens is 4. The molecule has 0 bridgehead atoms. The van der Waals surface area contributed by atoms with Gasteiger partial charge < -0.3 is 29.7 Å². The van der Waals surface area contributed by atoms with Gasteiger partial charge in [-0.25, -0.2) is 4.57 Å². The Kier molecular flexibility index (Phi) is 4.12. The van der Waals surface area contributed by atoms with Crippen LogP contribution in [0.4, 0.5) is 5.95 Å². The van der Waals surface area contributed by atoms with Gasteiger partial charge in [0, 0.05) is 0 Å². The van der Waals surface area contributed by atoms with Gasteiger partial charge >= 0.3 is 5.65 Å². The number of aliphatic hydroxyl groups excluding tert-OH is 1. The number of hydrogen-bond acceptors (Lipinski definition) is 8. The van der Waals surface area contributed by atoms with E-state index in [1.807, 2.05) is 0 Å². The summed E-state index contributed by atoms with van der Waals surface area (Å²) >= 11 is 0. The Labute approximate surface area is 117 Å². The molecule has 2 rings (SSSR count). The smallest absolute Gasteiger partial charge is 0.311 e. The fourth-order valence-corrected chi connectivity index (χ4v) is 2.26.